The number of amidine groups is 1. The summed E-state index contributed by atoms with van der Waals surface area (Å²) in [4.78, 5) is 0. The molecule has 1 aliphatic carbocycles. The minimum absolute atomic E-state index is 0.0967. The van der Waals surface area contributed by atoms with E-state index in [-0.39, 0.29) is 11.9 Å². The van der Waals surface area contributed by atoms with Gasteiger partial charge in [-0.05, 0) is 43.7 Å². The molecule has 1 aromatic rings. The Hall–Kier alpha value is -1.71. The van der Waals surface area contributed by atoms with E-state index in [1.165, 1.54) is 19.3 Å². The lowest BCUT2D eigenvalue weighted by Crippen LogP contribution is -2.30. The van der Waals surface area contributed by atoms with Gasteiger partial charge in [0.2, 0.25) is 0 Å². The van der Waals surface area contributed by atoms with Crippen LogP contribution in [0.3, 0.4) is 0 Å². The summed E-state index contributed by atoms with van der Waals surface area (Å²) in [7, 11) is 0. The average Bonchev–Trinajstić information content (AvgIpc) is 2.47. The quantitative estimate of drug-likeness (QED) is 0.379. The van der Waals surface area contributed by atoms with Crippen LogP contribution >= 0.6 is 0 Å². The van der Waals surface area contributed by atoms with Crippen LogP contribution in [0.4, 0.5) is 0 Å². The lowest BCUT2D eigenvalue weighted by molar-refractivity contribution is 0.0901. The first-order valence-corrected chi connectivity index (χ1v) is 6.99. The molecule has 1 saturated carbocycles. The summed E-state index contributed by atoms with van der Waals surface area (Å²) in [6.07, 6.45) is 6.20. The van der Waals surface area contributed by atoms with Crippen LogP contribution < -0.4 is 10.5 Å². The molecule has 1 aliphatic rings. The Balaban J connectivity index is 2.18. The maximum atomic E-state index is 8.82. The molecule has 2 unspecified atom stereocenters. The first-order chi connectivity index (χ1) is 9.26. The van der Waals surface area contributed by atoms with Crippen molar-refractivity contribution in [3.63, 3.8) is 0 Å². The molecule has 2 atom stereocenters. The van der Waals surface area contributed by atoms with Crippen molar-refractivity contribution in [2.45, 2.75) is 45.1 Å². The standard InChI is InChI=1S/C15H22N2O2/c1-2-11-7-3-5-9-13(11)19-14-10-6-4-8-12(14)15(16)17-18/h4,6,8,10-11,13,18H,2-3,5,7,9H2,1H3,(H2,16,17). The van der Waals surface area contributed by atoms with Crippen LogP contribution in [0.2, 0.25) is 0 Å². The monoisotopic (exact) mass is 262 g/mol. The normalized spacial score (nSPS) is 24.2. The lowest BCUT2D eigenvalue weighted by atomic mass is 9.84. The van der Waals surface area contributed by atoms with Gasteiger partial charge in [0.15, 0.2) is 5.84 Å². The molecule has 4 heteroatoms. The molecule has 4 nitrogen and oxygen atoms in total. The molecule has 0 saturated heterocycles. The molecule has 3 N–H and O–H groups in total. The number of nitrogens with zero attached hydrogens (tertiary/aromatic N) is 1. The fourth-order valence-electron chi connectivity index (χ4n) is 2.79. The predicted octanol–water partition coefficient (Wildman–Crippen LogP) is 3.13. The van der Waals surface area contributed by atoms with Crippen molar-refractivity contribution in [3.8, 4) is 5.75 Å². The predicted molar refractivity (Wildman–Crippen MR) is 75.6 cm³/mol. The van der Waals surface area contributed by atoms with Gasteiger partial charge in [0.25, 0.3) is 0 Å². The first-order valence-electron chi connectivity index (χ1n) is 6.99. The number of hydrogen-bond donors (Lipinski definition) is 2. The summed E-state index contributed by atoms with van der Waals surface area (Å²) in [5, 5.41) is 11.9. The van der Waals surface area contributed by atoms with Gasteiger partial charge in [-0.1, -0.05) is 30.6 Å². The number of oxime groups is 1. The minimum atomic E-state index is 0.0967. The molecule has 1 aromatic carbocycles. The van der Waals surface area contributed by atoms with Crippen LogP contribution in [0, 0.1) is 5.92 Å². The molecule has 0 heterocycles. The van der Waals surface area contributed by atoms with E-state index in [0.29, 0.717) is 17.2 Å². The Kier molecular flexibility index (Phi) is 4.66. The number of rotatable bonds is 4. The van der Waals surface area contributed by atoms with Crippen LogP contribution in [-0.4, -0.2) is 17.1 Å². The summed E-state index contributed by atoms with van der Waals surface area (Å²) in [6, 6.07) is 7.47. The second-order valence-corrected chi connectivity index (χ2v) is 5.09. The Morgan fingerprint density at radius 1 is 1.37 bits per heavy atom. The number of ether oxygens (including phenoxy) is 1. The number of para-hydroxylation sites is 1. The maximum Gasteiger partial charge on any atom is 0.173 e. The van der Waals surface area contributed by atoms with Crippen LogP contribution in [0.15, 0.2) is 29.4 Å². The molecular formula is C15H22N2O2. The first kappa shape index (κ1) is 13.7. The van der Waals surface area contributed by atoms with E-state index in [2.05, 4.69) is 12.1 Å². The van der Waals surface area contributed by atoms with Crippen molar-refractivity contribution in [3.05, 3.63) is 29.8 Å². The highest BCUT2D eigenvalue weighted by molar-refractivity contribution is 5.99. The van der Waals surface area contributed by atoms with Crippen LogP contribution in [0.5, 0.6) is 5.75 Å². The summed E-state index contributed by atoms with van der Waals surface area (Å²) in [5.74, 6) is 1.41. The molecule has 104 valence electrons. The van der Waals surface area contributed by atoms with Crippen molar-refractivity contribution >= 4 is 5.84 Å². The van der Waals surface area contributed by atoms with Gasteiger partial charge in [0.05, 0.1) is 5.56 Å². The van der Waals surface area contributed by atoms with Gasteiger partial charge in [-0.15, -0.1) is 0 Å². The number of benzene rings is 1. The Morgan fingerprint density at radius 3 is 2.84 bits per heavy atom. The molecule has 0 spiro atoms. The highest BCUT2D eigenvalue weighted by Crippen LogP contribution is 2.31. The van der Waals surface area contributed by atoms with E-state index >= 15 is 0 Å². The molecule has 1 fully saturated rings. The highest BCUT2D eigenvalue weighted by Gasteiger charge is 2.26. The summed E-state index contributed by atoms with van der Waals surface area (Å²) in [6.45, 7) is 2.21. The van der Waals surface area contributed by atoms with Gasteiger partial charge in [-0.2, -0.15) is 0 Å². The van der Waals surface area contributed by atoms with Gasteiger partial charge >= 0.3 is 0 Å². The third-order valence-electron chi connectivity index (χ3n) is 3.91. The second-order valence-electron chi connectivity index (χ2n) is 5.09. The average molecular weight is 262 g/mol. The van der Waals surface area contributed by atoms with Crippen LogP contribution in [0.25, 0.3) is 0 Å². The zero-order valence-electron chi connectivity index (χ0n) is 11.4. The zero-order valence-corrected chi connectivity index (χ0v) is 11.4. The molecule has 0 radical (unpaired) electrons. The van der Waals surface area contributed by atoms with Crippen molar-refractivity contribution in [1.82, 2.24) is 0 Å². The van der Waals surface area contributed by atoms with Gasteiger partial charge in [-0.3, -0.25) is 0 Å². The third kappa shape index (κ3) is 3.19. The Morgan fingerprint density at radius 2 is 2.11 bits per heavy atom. The molecule has 19 heavy (non-hydrogen) atoms. The smallest absolute Gasteiger partial charge is 0.173 e. The van der Waals surface area contributed by atoms with Crippen molar-refractivity contribution in [2.75, 3.05) is 0 Å². The van der Waals surface area contributed by atoms with Gasteiger partial charge in [0, 0.05) is 0 Å². The maximum absolute atomic E-state index is 8.82. The molecule has 0 amide bonds. The largest absolute Gasteiger partial charge is 0.489 e. The van der Waals surface area contributed by atoms with Gasteiger partial charge in [0.1, 0.15) is 11.9 Å². The molecule has 0 bridgehead atoms. The number of hydrogen-bond acceptors (Lipinski definition) is 3. The SMILES string of the molecule is CCC1CCCCC1Oc1ccccc1/C(N)=N/O. The second kappa shape index (κ2) is 6.45. The van der Waals surface area contributed by atoms with Gasteiger partial charge in [-0.25, -0.2) is 0 Å². The Labute approximate surface area is 114 Å². The van der Waals surface area contributed by atoms with Crippen LogP contribution in [0.1, 0.15) is 44.6 Å². The molecule has 0 aliphatic heterocycles. The molecular weight excluding hydrogens is 240 g/mol. The van der Waals surface area contributed by atoms with E-state index in [1.54, 1.807) is 0 Å². The fourth-order valence-corrected chi connectivity index (χ4v) is 2.79. The lowest BCUT2D eigenvalue weighted by Gasteiger charge is -2.31. The van der Waals surface area contributed by atoms with Crippen molar-refractivity contribution < 1.29 is 9.94 Å². The van der Waals surface area contributed by atoms with E-state index in [9.17, 15) is 0 Å². The zero-order chi connectivity index (χ0) is 13.7. The van der Waals surface area contributed by atoms with E-state index in [1.807, 2.05) is 24.3 Å². The minimum Gasteiger partial charge on any atom is -0.489 e. The molecule has 2 rings (SSSR count). The fraction of sp³-hybridized carbons (Fsp3) is 0.533. The highest BCUT2D eigenvalue weighted by atomic mass is 16.5. The Bertz CT molecular complexity index is 446. The van der Waals surface area contributed by atoms with E-state index in [0.717, 1.165) is 12.8 Å². The van der Waals surface area contributed by atoms with Crippen molar-refractivity contribution in [2.24, 2.45) is 16.8 Å². The van der Waals surface area contributed by atoms with E-state index < -0.39 is 0 Å². The number of nitrogens with two attached hydrogens (primary N) is 1. The molecule has 0 aromatic heterocycles. The van der Waals surface area contributed by atoms with Crippen LogP contribution in [-0.2, 0) is 0 Å². The van der Waals surface area contributed by atoms with Crippen molar-refractivity contribution in [1.29, 1.82) is 0 Å². The topological polar surface area (TPSA) is 67.8 Å². The summed E-state index contributed by atoms with van der Waals surface area (Å²) >= 11 is 0. The summed E-state index contributed by atoms with van der Waals surface area (Å²) in [5.41, 5.74) is 6.35. The summed E-state index contributed by atoms with van der Waals surface area (Å²) < 4.78 is 6.14. The van der Waals surface area contributed by atoms with Gasteiger partial charge < -0.3 is 15.7 Å². The van der Waals surface area contributed by atoms with E-state index in [4.69, 9.17) is 15.7 Å². The third-order valence-corrected chi connectivity index (χ3v) is 3.91.